The van der Waals surface area contributed by atoms with E-state index in [9.17, 15) is 0 Å². The van der Waals surface area contributed by atoms with Crippen LogP contribution < -0.4 is 0 Å². The molecule has 0 heterocycles. The van der Waals surface area contributed by atoms with Gasteiger partial charge < -0.3 is 10.2 Å². The minimum atomic E-state index is -0.0417. The Hall–Kier alpha value is -0.410. The zero-order valence-electron chi connectivity index (χ0n) is 4.04. The highest BCUT2D eigenvalue weighted by Gasteiger charge is 1.69. The Labute approximate surface area is 42.3 Å². The van der Waals surface area contributed by atoms with Crippen LogP contribution >= 0.6 is 0 Å². The predicted octanol–water partition coefficient (Wildman–Crippen LogP) is -0.958. The molecular formula is C4H9NO2. The second-order valence-electron chi connectivity index (χ2n) is 0.995. The molecule has 0 aliphatic rings. The van der Waals surface area contributed by atoms with Crippen molar-refractivity contribution in [1.82, 2.24) is 0 Å². The quantitative estimate of drug-likeness (QED) is 0.452. The molecule has 0 saturated heterocycles. The summed E-state index contributed by atoms with van der Waals surface area (Å²) < 4.78 is 0. The first-order chi connectivity index (χ1) is 3.41. The van der Waals surface area contributed by atoms with Crippen molar-refractivity contribution in [2.75, 3.05) is 19.8 Å². The fourth-order valence-electron chi connectivity index (χ4n) is 0.207. The van der Waals surface area contributed by atoms with E-state index >= 15 is 0 Å². The summed E-state index contributed by atoms with van der Waals surface area (Å²) in [7, 11) is 0. The highest BCUT2D eigenvalue weighted by Crippen LogP contribution is 1.61. The maximum atomic E-state index is 8.10. The van der Waals surface area contributed by atoms with E-state index in [1.165, 1.54) is 6.21 Å². The van der Waals surface area contributed by atoms with Crippen LogP contribution in [0.1, 0.15) is 0 Å². The molecule has 0 aromatic rings. The van der Waals surface area contributed by atoms with Gasteiger partial charge in [0, 0.05) is 6.21 Å². The number of hydrogen-bond donors (Lipinski definition) is 2. The van der Waals surface area contributed by atoms with E-state index in [1.54, 1.807) is 0 Å². The zero-order chi connectivity index (χ0) is 5.54. The summed E-state index contributed by atoms with van der Waals surface area (Å²) in [5.41, 5.74) is 0. The van der Waals surface area contributed by atoms with Crippen LogP contribution in [0.2, 0.25) is 0 Å². The molecule has 0 aromatic heterocycles. The van der Waals surface area contributed by atoms with Gasteiger partial charge in [-0.15, -0.1) is 0 Å². The lowest BCUT2D eigenvalue weighted by Gasteiger charge is -1.80. The number of nitrogens with zero attached hydrogens (tertiary/aromatic N) is 1. The molecule has 0 radical (unpaired) electrons. The summed E-state index contributed by atoms with van der Waals surface area (Å²) in [6.45, 7) is 0.400. The molecule has 0 atom stereocenters. The van der Waals surface area contributed by atoms with Crippen LogP contribution in [-0.4, -0.2) is 36.2 Å². The average Bonchev–Trinajstić information content (AvgIpc) is 1.69. The molecule has 0 aliphatic heterocycles. The second-order valence-corrected chi connectivity index (χ2v) is 0.995. The molecule has 3 heteroatoms. The lowest BCUT2D eigenvalue weighted by Crippen LogP contribution is -1.89. The first kappa shape index (κ1) is 6.59. The van der Waals surface area contributed by atoms with Crippen molar-refractivity contribution in [1.29, 1.82) is 0 Å². The van der Waals surface area contributed by atoms with Gasteiger partial charge in [0.2, 0.25) is 0 Å². The van der Waals surface area contributed by atoms with E-state index in [4.69, 9.17) is 10.2 Å². The molecule has 0 fully saturated rings. The molecule has 0 spiro atoms. The van der Waals surface area contributed by atoms with E-state index < -0.39 is 0 Å². The highest BCUT2D eigenvalue weighted by atomic mass is 16.3. The summed E-state index contributed by atoms with van der Waals surface area (Å²) in [4.78, 5) is 3.58. The van der Waals surface area contributed by atoms with Crippen LogP contribution in [0, 0.1) is 0 Å². The molecule has 2 N–H and O–H groups in total. The van der Waals surface area contributed by atoms with Gasteiger partial charge in [-0.25, -0.2) is 0 Å². The van der Waals surface area contributed by atoms with E-state index in [-0.39, 0.29) is 13.2 Å². The van der Waals surface area contributed by atoms with Crippen LogP contribution in [0.4, 0.5) is 0 Å². The zero-order valence-corrected chi connectivity index (χ0v) is 4.04. The number of aliphatic hydroxyl groups excluding tert-OH is 2. The topological polar surface area (TPSA) is 52.8 Å². The van der Waals surface area contributed by atoms with Crippen LogP contribution in [0.3, 0.4) is 0 Å². The lowest BCUT2D eigenvalue weighted by molar-refractivity contribution is 0.306. The fraction of sp³-hybridized carbons (Fsp3) is 0.750. The van der Waals surface area contributed by atoms with Crippen molar-refractivity contribution < 1.29 is 10.2 Å². The minimum Gasteiger partial charge on any atom is -0.394 e. The molecule has 0 rings (SSSR count). The smallest absolute Gasteiger partial charge is 0.0779 e. The Kier molecular flexibility index (Phi) is 5.26. The SMILES string of the molecule is OCC=NCCO. The fourth-order valence-corrected chi connectivity index (χ4v) is 0.207. The Bertz CT molecular complexity index is 53.7. The van der Waals surface area contributed by atoms with E-state index in [1.807, 2.05) is 0 Å². The van der Waals surface area contributed by atoms with Gasteiger partial charge >= 0.3 is 0 Å². The molecule has 42 valence electrons. The van der Waals surface area contributed by atoms with Crippen molar-refractivity contribution in [2.24, 2.45) is 4.99 Å². The molecule has 0 aliphatic carbocycles. The van der Waals surface area contributed by atoms with Gasteiger partial charge in [-0.3, -0.25) is 4.99 Å². The summed E-state index contributed by atoms with van der Waals surface area (Å²) in [5.74, 6) is 0. The number of rotatable bonds is 3. The Morgan fingerprint density at radius 1 is 1.43 bits per heavy atom. The van der Waals surface area contributed by atoms with Crippen molar-refractivity contribution in [3.8, 4) is 0 Å². The van der Waals surface area contributed by atoms with Gasteiger partial charge in [0.1, 0.15) is 0 Å². The van der Waals surface area contributed by atoms with Crippen LogP contribution in [0.15, 0.2) is 4.99 Å². The third-order valence-electron chi connectivity index (χ3n) is 0.440. The Morgan fingerprint density at radius 3 is 2.57 bits per heavy atom. The van der Waals surface area contributed by atoms with E-state index in [2.05, 4.69) is 4.99 Å². The molecular weight excluding hydrogens is 94.0 g/mol. The highest BCUT2D eigenvalue weighted by molar-refractivity contribution is 5.57. The summed E-state index contributed by atoms with van der Waals surface area (Å²) in [6.07, 6.45) is 1.36. The molecule has 3 nitrogen and oxygen atoms in total. The maximum Gasteiger partial charge on any atom is 0.0779 e. The molecule has 0 bridgehead atoms. The Balaban J connectivity index is 2.78. The van der Waals surface area contributed by atoms with E-state index in [0.717, 1.165) is 0 Å². The number of aliphatic hydroxyl groups is 2. The van der Waals surface area contributed by atoms with Gasteiger partial charge in [0.25, 0.3) is 0 Å². The summed E-state index contributed by atoms with van der Waals surface area (Å²) in [5, 5.41) is 16.2. The third-order valence-corrected chi connectivity index (χ3v) is 0.440. The van der Waals surface area contributed by atoms with Crippen LogP contribution in [-0.2, 0) is 0 Å². The Morgan fingerprint density at radius 2 is 2.14 bits per heavy atom. The lowest BCUT2D eigenvalue weighted by atomic mass is 10.7. The van der Waals surface area contributed by atoms with Gasteiger partial charge in [0.05, 0.1) is 19.8 Å². The third kappa shape index (κ3) is 5.59. The van der Waals surface area contributed by atoms with Crippen molar-refractivity contribution in [3.63, 3.8) is 0 Å². The summed E-state index contributed by atoms with van der Waals surface area (Å²) >= 11 is 0. The molecule has 0 saturated carbocycles. The molecule has 0 amide bonds. The van der Waals surface area contributed by atoms with Crippen LogP contribution in [0.25, 0.3) is 0 Å². The average molecular weight is 103 g/mol. The molecule has 0 unspecified atom stereocenters. The van der Waals surface area contributed by atoms with Gasteiger partial charge in [-0.2, -0.15) is 0 Å². The normalized spacial score (nSPS) is 10.6. The first-order valence-corrected chi connectivity index (χ1v) is 2.12. The summed E-state index contributed by atoms with van der Waals surface area (Å²) in [6, 6.07) is 0. The number of hydrogen-bond acceptors (Lipinski definition) is 3. The maximum absolute atomic E-state index is 8.10. The molecule has 7 heavy (non-hydrogen) atoms. The molecule has 0 aromatic carbocycles. The van der Waals surface area contributed by atoms with Gasteiger partial charge in [-0.1, -0.05) is 0 Å². The second kappa shape index (κ2) is 5.59. The standard InChI is InChI=1S/C4H9NO2/c6-3-1-5-2-4-7/h1,6-7H,2-4H2. The predicted molar refractivity (Wildman–Crippen MR) is 27.5 cm³/mol. The van der Waals surface area contributed by atoms with Crippen molar-refractivity contribution in [2.45, 2.75) is 0 Å². The number of aliphatic imine (C=N–C) groups is 1. The van der Waals surface area contributed by atoms with Crippen molar-refractivity contribution >= 4 is 6.21 Å². The largest absolute Gasteiger partial charge is 0.394 e. The van der Waals surface area contributed by atoms with E-state index in [0.29, 0.717) is 6.54 Å². The van der Waals surface area contributed by atoms with Crippen molar-refractivity contribution in [3.05, 3.63) is 0 Å². The van der Waals surface area contributed by atoms with Gasteiger partial charge in [-0.05, 0) is 0 Å². The van der Waals surface area contributed by atoms with Crippen LogP contribution in [0.5, 0.6) is 0 Å². The first-order valence-electron chi connectivity index (χ1n) is 2.12. The van der Waals surface area contributed by atoms with Gasteiger partial charge in [0.15, 0.2) is 0 Å². The minimum absolute atomic E-state index is 0.0417. The monoisotopic (exact) mass is 103 g/mol.